The molecule has 2 aromatic carbocycles. The van der Waals surface area contributed by atoms with E-state index in [-0.39, 0.29) is 0 Å². The lowest BCUT2D eigenvalue weighted by Gasteiger charge is -2.11. The average Bonchev–Trinajstić information content (AvgIpc) is 2.38. The number of aryl methyl sites for hydroxylation is 1. The summed E-state index contributed by atoms with van der Waals surface area (Å²) in [4.78, 5) is 0. The molecule has 0 heterocycles. The predicted octanol–water partition coefficient (Wildman–Crippen LogP) is 3.56. The normalized spacial score (nSPS) is 9.65. The molecule has 0 bridgehead atoms. The molecular weight excluding hydrogens is 208 g/mol. The third kappa shape index (κ3) is 2.68. The lowest BCUT2D eigenvalue weighted by Crippen LogP contribution is -1.98. The summed E-state index contributed by atoms with van der Waals surface area (Å²) in [7, 11) is 0. The molecule has 0 saturated carbocycles. The Balaban J connectivity index is 2.17. The number of hydrogen-bond donors (Lipinski definition) is 0. The number of rotatable bonds is 3. The topological polar surface area (TPSA) is 9.23 Å². The third-order valence-corrected chi connectivity index (χ3v) is 2.59. The van der Waals surface area contributed by atoms with Crippen molar-refractivity contribution in [3.63, 3.8) is 0 Å². The van der Waals surface area contributed by atoms with E-state index in [1.165, 1.54) is 0 Å². The van der Waals surface area contributed by atoms with Gasteiger partial charge in [0.1, 0.15) is 12.4 Å². The van der Waals surface area contributed by atoms with Crippen molar-refractivity contribution in [3.8, 4) is 18.1 Å². The fourth-order valence-corrected chi connectivity index (χ4v) is 1.69. The van der Waals surface area contributed by atoms with E-state index >= 15 is 0 Å². The van der Waals surface area contributed by atoms with Gasteiger partial charge in [0.2, 0.25) is 0 Å². The molecule has 1 heteroatoms. The summed E-state index contributed by atoms with van der Waals surface area (Å²) < 4.78 is 5.80. The Hall–Kier alpha value is -2.20. The highest BCUT2D eigenvalue weighted by Gasteiger charge is 2.04. The first-order valence-corrected chi connectivity index (χ1v) is 5.54. The van der Waals surface area contributed by atoms with Crippen LogP contribution >= 0.6 is 0 Å². The molecule has 0 aliphatic carbocycles. The van der Waals surface area contributed by atoms with Crippen LogP contribution in [0.15, 0.2) is 48.5 Å². The van der Waals surface area contributed by atoms with Crippen LogP contribution in [-0.4, -0.2) is 0 Å². The van der Waals surface area contributed by atoms with Crippen molar-refractivity contribution in [1.29, 1.82) is 0 Å². The predicted molar refractivity (Wildman–Crippen MR) is 69.9 cm³/mol. The molecule has 84 valence electrons. The molecule has 0 saturated heterocycles. The summed E-state index contributed by atoms with van der Waals surface area (Å²) in [5.74, 6) is 3.45. The Bertz CT molecular complexity index is 535. The standard InChI is InChI=1S/C16H14O/c1-3-15-11-7-8-13(2)16(15)17-12-14-9-5-4-6-10-14/h1,4-11H,12H2,2H3. The van der Waals surface area contributed by atoms with Crippen molar-refractivity contribution in [2.45, 2.75) is 13.5 Å². The molecule has 0 aliphatic rings. The zero-order valence-electron chi connectivity index (χ0n) is 9.81. The van der Waals surface area contributed by atoms with Gasteiger partial charge in [-0.05, 0) is 24.1 Å². The van der Waals surface area contributed by atoms with Gasteiger partial charge in [-0.25, -0.2) is 0 Å². The number of terminal acetylenes is 1. The van der Waals surface area contributed by atoms with Gasteiger partial charge < -0.3 is 4.74 Å². The van der Waals surface area contributed by atoms with Gasteiger partial charge >= 0.3 is 0 Å². The van der Waals surface area contributed by atoms with Crippen molar-refractivity contribution < 1.29 is 4.74 Å². The van der Waals surface area contributed by atoms with Gasteiger partial charge in [0.25, 0.3) is 0 Å². The van der Waals surface area contributed by atoms with Gasteiger partial charge in [-0.15, -0.1) is 6.42 Å². The van der Waals surface area contributed by atoms with Crippen molar-refractivity contribution in [2.24, 2.45) is 0 Å². The summed E-state index contributed by atoms with van der Waals surface area (Å²) in [6.07, 6.45) is 5.46. The Kier molecular flexibility index (Phi) is 3.47. The minimum absolute atomic E-state index is 0.542. The van der Waals surface area contributed by atoms with E-state index in [1.807, 2.05) is 55.5 Å². The summed E-state index contributed by atoms with van der Waals surface area (Å²) in [5.41, 5.74) is 3.01. The minimum Gasteiger partial charge on any atom is -0.487 e. The Morgan fingerprint density at radius 2 is 1.82 bits per heavy atom. The summed E-state index contributed by atoms with van der Waals surface area (Å²) in [6, 6.07) is 15.9. The quantitative estimate of drug-likeness (QED) is 0.721. The highest BCUT2D eigenvalue weighted by atomic mass is 16.5. The van der Waals surface area contributed by atoms with Crippen LogP contribution in [0.25, 0.3) is 0 Å². The second kappa shape index (κ2) is 5.23. The highest BCUT2D eigenvalue weighted by Crippen LogP contribution is 2.23. The molecule has 0 unspecified atom stereocenters. The van der Waals surface area contributed by atoms with E-state index in [1.54, 1.807) is 0 Å². The molecule has 0 radical (unpaired) electrons. The molecule has 1 nitrogen and oxygen atoms in total. The van der Waals surface area contributed by atoms with E-state index in [9.17, 15) is 0 Å². The molecule has 0 fully saturated rings. The smallest absolute Gasteiger partial charge is 0.138 e. The maximum absolute atomic E-state index is 5.80. The van der Waals surface area contributed by atoms with Crippen LogP contribution in [0.4, 0.5) is 0 Å². The van der Waals surface area contributed by atoms with E-state index < -0.39 is 0 Å². The number of para-hydroxylation sites is 1. The maximum Gasteiger partial charge on any atom is 0.138 e. The molecule has 2 aromatic rings. The molecule has 17 heavy (non-hydrogen) atoms. The van der Waals surface area contributed by atoms with Crippen LogP contribution in [0.1, 0.15) is 16.7 Å². The second-order valence-electron chi connectivity index (χ2n) is 3.87. The van der Waals surface area contributed by atoms with Crippen LogP contribution in [0.3, 0.4) is 0 Å². The fourth-order valence-electron chi connectivity index (χ4n) is 1.69. The van der Waals surface area contributed by atoms with Crippen LogP contribution in [0.5, 0.6) is 5.75 Å². The first-order chi connectivity index (χ1) is 8.31. The van der Waals surface area contributed by atoms with Crippen molar-refractivity contribution in [3.05, 3.63) is 65.2 Å². The first kappa shape index (κ1) is 11.3. The lowest BCUT2D eigenvalue weighted by atomic mass is 10.1. The first-order valence-electron chi connectivity index (χ1n) is 5.54. The molecular formula is C16H14O. The Morgan fingerprint density at radius 3 is 2.53 bits per heavy atom. The fraction of sp³-hybridized carbons (Fsp3) is 0.125. The van der Waals surface area contributed by atoms with Crippen LogP contribution in [-0.2, 0) is 6.61 Å². The molecule has 2 rings (SSSR count). The van der Waals surface area contributed by atoms with Crippen molar-refractivity contribution in [1.82, 2.24) is 0 Å². The van der Waals surface area contributed by atoms with Gasteiger partial charge in [0, 0.05) is 0 Å². The van der Waals surface area contributed by atoms with E-state index in [0.717, 1.165) is 22.4 Å². The van der Waals surface area contributed by atoms with Crippen LogP contribution < -0.4 is 4.74 Å². The van der Waals surface area contributed by atoms with E-state index in [2.05, 4.69) is 5.92 Å². The summed E-state index contributed by atoms with van der Waals surface area (Å²) >= 11 is 0. The van der Waals surface area contributed by atoms with Crippen molar-refractivity contribution in [2.75, 3.05) is 0 Å². The number of ether oxygens (including phenoxy) is 1. The maximum atomic E-state index is 5.80. The zero-order chi connectivity index (χ0) is 12.1. The Labute approximate surface area is 102 Å². The summed E-state index contributed by atoms with van der Waals surface area (Å²) in [6.45, 7) is 2.54. The molecule has 0 atom stereocenters. The molecule has 0 amide bonds. The Morgan fingerprint density at radius 1 is 1.06 bits per heavy atom. The second-order valence-corrected chi connectivity index (χ2v) is 3.87. The number of hydrogen-bond acceptors (Lipinski definition) is 1. The molecule has 0 aromatic heterocycles. The van der Waals surface area contributed by atoms with E-state index in [4.69, 9.17) is 11.2 Å². The monoisotopic (exact) mass is 222 g/mol. The highest BCUT2D eigenvalue weighted by molar-refractivity contribution is 5.49. The third-order valence-electron chi connectivity index (χ3n) is 2.59. The molecule has 0 aliphatic heterocycles. The largest absolute Gasteiger partial charge is 0.487 e. The van der Waals surface area contributed by atoms with E-state index in [0.29, 0.717) is 6.61 Å². The zero-order valence-corrected chi connectivity index (χ0v) is 9.81. The summed E-state index contributed by atoms with van der Waals surface area (Å²) in [5, 5.41) is 0. The van der Waals surface area contributed by atoms with Gasteiger partial charge in [-0.3, -0.25) is 0 Å². The van der Waals surface area contributed by atoms with Gasteiger partial charge in [-0.2, -0.15) is 0 Å². The molecule has 0 spiro atoms. The molecule has 0 N–H and O–H groups in total. The van der Waals surface area contributed by atoms with Gasteiger partial charge in [0.05, 0.1) is 5.56 Å². The van der Waals surface area contributed by atoms with Crippen molar-refractivity contribution >= 4 is 0 Å². The minimum atomic E-state index is 0.542. The number of benzene rings is 2. The van der Waals surface area contributed by atoms with Gasteiger partial charge in [0.15, 0.2) is 0 Å². The average molecular weight is 222 g/mol. The lowest BCUT2D eigenvalue weighted by molar-refractivity contribution is 0.303. The SMILES string of the molecule is C#Cc1cccc(C)c1OCc1ccccc1. The van der Waals surface area contributed by atoms with Crippen LogP contribution in [0, 0.1) is 19.3 Å². The van der Waals surface area contributed by atoms with Gasteiger partial charge in [-0.1, -0.05) is 48.4 Å². The van der Waals surface area contributed by atoms with Crippen LogP contribution in [0.2, 0.25) is 0 Å².